The van der Waals surface area contributed by atoms with Gasteiger partial charge in [0.25, 0.3) is 5.95 Å². The van der Waals surface area contributed by atoms with Crippen LogP contribution < -0.4 is 5.73 Å². The molecule has 0 spiro atoms. The van der Waals surface area contributed by atoms with Crippen LogP contribution in [-0.2, 0) is 9.47 Å². The number of allylic oxidation sites excluding steroid dienone is 2. The molecule has 0 unspecified atom stereocenters. The van der Waals surface area contributed by atoms with E-state index in [0.717, 1.165) is 0 Å². The van der Waals surface area contributed by atoms with E-state index >= 15 is 0 Å². The third kappa shape index (κ3) is 3.02. The van der Waals surface area contributed by atoms with Crippen molar-refractivity contribution >= 4 is 0 Å². The van der Waals surface area contributed by atoms with E-state index in [2.05, 4.69) is 0 Å². The molecule has 3 nitrogen and oxygen atoms in total. The lowest BCUT2D eigenvalue weighted by atomic mass is 10.4. The number of nitrogens with two attached hydrogens (primary N) is 1. The van der Waals surface area contributed by atoms with Gasteiger partial charge in [0.15, 0.2) is 0 Å². The largest absolute Gasteiger partial charge is 0.469 e. The maximum atomic E-state index is 5.45. The van der Waals surface area contributed by atoms with Gasteiger partial charge in [-0.2, -0.15) is 0 Å². The summed E-state index contributed by atoms with van der Waals surface area (Å²) in [6.07, 6.45) is 3.37. The van der Waals surface area contributed by atoms with Gasteiger partial charge in [-0.25, -0.2) is 0 Å². The molecule has 0 atom stereocenters. The minimum absolute atomic E-state index is 0.413. The molecule has 3 heteroatoms. The Hall–Kier alpha value is -1.12. The van der Waals surface area contributed by atoms with Crippen LogP contribution in [0.5, 0.6) is 0 Å². The standard InChI is InChI=1S/C7H13NO2/c1-4-6(8)5-7(9-2)10-3/h4-5H,8H2,1-3H3/b6-4+. The van der Waals surface area contributed by atoms with Gasteiger partial charge in [-0.05, 0) is 6.92 Å². The molecule has 0 aliphatic heterocycles. The van der Waals surface area contributed by atoms with Crippen LogP contribution in [0.4, 0.5) is 0 Å². The third-order valence-corrected chi connectivity index (χ3v) is 1.02. The number of hydrogen-bond donors (Lipinski definition) is 1. The summed E-state index contributed by atoms with van der Waals surface area (Å²) in [7, 11) is 3.05. The molecule has 0 heterocycles. The summed E-state index contributed by atoms with van der Waals surface area (Å²) >= 11 is 0. The minimum atomic E-state index is 0.413. The highest BCUT2D eigenvalue weighted by Crippen LogP contribution is 1.98. The van der Waals surface area contributed by atoms with E-state index in [1.165, 1.54) is 14.2 Å². The highest BCUT2D eigenvalue weighted by Gasteiger charge is 1.91. The molecule has 0 bridgehead atoms. The lowest BCUT2D eigenvalue weighted by molar-refractivity contribution is 0.0952. The van der Waals surface area contributed by atoms with Crippen LogP contribution in [0.2, 0.25) is 0 Å². The quantitative estimate of drug-likeness (QED) is 0.473. The van der Waals surface area contributed by atoms with Gasteiger partial charge in [0.05, 0.1) is 14.2 Å². The Morgan fingerprint density at radius 2 is 1.80 bits per heavy atom. The molecule has 0 rings (SSSR count). The molecular formula is C7H13NO2. The van der Waals surface area contributed by atoms with Crippen molar-refractivity contribution in [1.82, 2.24) is 0 Å². The Morgan fingerprint density at radius 1 is 1.30 bits per heavy atom. The van der Waals surface area contributed by atoms with Crippen LogP contribution in [0.3, 0.4) is 0 Å². The van der Waals surface area contributed by atoms with Crippen LogP contribution in [0.15, 0.2) is 23.8 Å². The van der Waals surface area contributed by atoms with Gasteiger partial charge in [0, 0.05) is 11.8 Å². The summed E-state index contributed by atoms with van der Waals surface area (Å²) < 4.78 is 9.58. The molecule has 58 valence electrons. The third-order valence-electron chi connectivity index (χ3n) is 1.02. The van der Waals surface area contributed by atoms with E-state index in [0.29, 0.717) is 11.6 Å². The van der Waals surface area contributed by atoms with E-state index < -0.39 is 0 Å². The molecule has 0 radical (unpaired) electrons. The van der Waals surface area contributed by atoms with E-state index in [9.17, 15) is 0 Å². The molecule has 0 aromatic carbocycles. The molecule has 0 amide bonds. The molecular weight excluding hydrogens is 130 g/mol. The molecule has 0 saturated carbocycles. The first-order valence-corrected chi connectivity index (χ1v) is 2.96. The molecule has 0 aliphatic carbocycles. The Morgan fingerprint density at radius 3 is 2.10 bits per heavy atom. The molecule has 0 aromatic rings. The lowest BCUT2D eigenvalue weighted by Crippen LogP contribution is -1.97. The van der Waals surface area contributed by atoms with E-state index in [4.69, 9.17) is 15.2 Å². The van der Waals surface area contributed by atoms with Gasteiger partial charge in [0.2, 0.25) is 0 Å². The molecule has 0 aromatic heterocycles. The van der Waals surface area contributed by atoms with Crippen LogP contribution >= 0.6 is 0 Å². The fourth-order valence-electron chi connectivity index (χ4n) is 0.421. The number of hydrogen-bond acceptors (Lipinski definition) is 3. The minimum Gasteiger partial charge on any atom is -0.469 e. The number of rotatable bonds is 3. The van der Waals surface area contributed by atoms with Gasteiger partial charge in [-0.1, -0.05) is 6.08 Å². The van der Waals surface area contributed by atoms with Crippen molar-refractivity contribution in [3.8, 4) is 0 Å². The zero-order chi connectivity index (χ0) is 7.98. The topological polar surface area (TPSA) is 44.5 Å². The van der Waals surface area contributed by atoms with E-state index in [1.807, 2.05) is 6.92 Å². The van der Waals surface area contributed by atoms with Crippen LogP contribution in [0.25, 0.3) is 0 Å². The second-order valence-electron chi connectivity index (χ2n) is 1.66. The Labute approximate surface area is 61.1 Å². The summed E-state index contributed by atoms with van der Waals surface area (Å²) in [5, 5.41) is 0. The Bertz CT molecular complexity index is 144. The Kier molecular flexibility index (Phi) is 4.20. The second kappa shape index (κ2) is 4.73. The highest BCUT2D eigenvalue weighted by molar-refractivity contribution is 5.14. The predicted molar refractivity (Wildman–Crippen MR) is 40.0 cm³/mol. The van der Waals surface area contributed by atoms with Gasteiger partial charge < -0.3 is 15.2 Å². The van der Waals surface area contributed by atoms with Gasteiger partial charge in [-0.3, -0.25) is 0 Å². The second-order valence-corrected chi connectivity index (χ2v) is 1.66. The summed E-state index contributed by atoms with van der Waals surface area (Å²) in [6.45, 7) is 1.84. The first kappa shape index (κ1) is 8.88. The SMILES string of the molecule is C/C=C(/N)C=C(OC)OC. The average molecular weight is 143 g/mol. The van der Waals surface area contributed by atoms with Crippen molar-refractivity contribution in [3.63, 3.8) is 0 Å². The fraction of sp³-hybridized carbons (Fsp3) is 0.429. The molecule has 2 N–H and O–H groups in total. The van der Waals surface area contributed by atoms with Crippen LogP contribution in [-0.4, -0.2) is 14.2 Å². The normalized spacial score (nSPS) is 10.5. The zero-order valence-electron chi connectivity index (χ0n) is 6.55. The van der Waals surface area contributed by atoms with Crippen LogP contribution in [0.1, 0.15) is 6.92 Å². The van der Waals surface area contributed by atoms with E-state index in [1.54, 1.807) is 12.2 Å². The van der Waals surface area contributed by atoms with Crippen molar-refractivity contribution in [1.29, 1.82) is 0 Å². The smallest absolute Gasteiger partial charge is 0.280 e. The van der Waals surface area contributed by atoms with Crippen molar-refractivity contribution in [3.05, 3.63) is 23.8 Å². The maximum Gasteiger partial charge on any atom is 0.280 e. The highest BCUT2D eigenvalue weighted by atomic mass is 16.7. The van der Waals surface area contributed by atoms with E-state index in [-0.39, 0.29) is 0 Å². The Balaban J connectivity index is 4.10. The first-order chi connectivity index (χ1) is 4.74. The van der Waals surface area contributed by atoms with Crippen molar-refractivity contribution < 1.29 is 9.47 Å². The van der Waals surface area contributed by atoms with Crippen molar-refractivity contribution in [2.45, 2.75) is 6.92 Å². The summed E-state index contributed by atoms with van der Waals surface area (Å²) in [5.41, 5.74) is 6.07. The van der Waals surface area contributed by atoms with Crippen molar-refractivity contribution in [2.24, 2.45) is 5.73 Å². The average Bonchev–Trinajstić information content (AvgIpc) is 1.99. The molecule has 10 heavy (non-hydrogen) atoms. The lowest BCUT2D eigenvalue weighted by Gasteiger charge is -2.02. The van der Waals surface area contributed by atoms with Crippen molar-refractivity contribution in [2.75, 3.05) is 14.2 Å². The zero-order valence-corrected chi connectivity index (χ0v) is 6.55. The summed E-state index contributed by atoms with van der Waals surface area (Å²) in [5.74, 6) is 0.413. The molecule has 0 aliphatic rings. The molecule has 0 saturated heterocycles. The predicted octanol–water partition coefficient (Wildman–Crippen LogP) is 0.983. The summed E-state index contributed by atoms with van der Waals surface area (Å²) in [6, 6.07) is 0. The van der Waals surface area contributed by atoms with Crippen LogP contribution in [0, 0.1) is 0 Å². The van der Waals surface area contributed by atoms with Gasteiger partial charge in [-0.15, -0.1) is 0 Å². The van der Waals surface area contributed by atoms with Gasteiger partial charge >= 0.3 is 0 Å². The first-order valence-electron chi connectivity index (χ1n) is 2.96. The fourth-order valence-corrected chi connectivity index (χ4v) is 0.421. The number of ether oxygens (including phenoxy) is 2. The molecule has 0 fully saturated rings. The van der Waals surface area contributed by atoms with Gasteiger partial charge in [0.1, 0.15) is 0 Å². The number of methoxy groups -OCH3 is 2. The monoisotopic (exact) mass is 143 g/mol. The summed E-state index contributed by atoms with van der Waals surface area (Å²) in [4.78, 5) is 0. The maximum absolute atomic E-state index is 5.45.